The monoisotopic (exact) mass is 302 g/mol. The Morgan fingerprint density at radius 2 is 1.36 bits per heavy atom. The molecule has 0 radical (unpaired) electrons. The van der Waals surface area contributed by atoms with Crippen molar-refractivity contribution in [1.29, 1.82) is 0 Å². The second kappa shape index (κ2) is 5.06. The van der Waals surface area contributed by atoms with Crippen LogP contribution in [-0.2, 0) is 9.47 Å². The van der Waals surface area contributed by atoms with Gasteiger partial charge >= 0.3 is 0 Å². The van der Waals surface area contributed by atoms with Gasteiger partial charge in [-0.1, -0.05) is 0 Å². The standard InChI is InChI=1S/C16H22N4O2/c1-3-13-11(5-9(1)21-13)19-15-7-16(18-8-17-15)20-12-6-10-2-4-14(12)22-10/h7-14H,1-6H2,(H2,17,18,19,20)/t9-,10-,11-,12+,13-,14-/m1/s1. The molecule has 6 atom stereocenters. The second-order valence-electron chi connectivity index (χ2n) is 7.01. The van der Waals surface area contributed by atoms with Gasteiger partial charge in [0.2, 0.25) is 0 Å². The molecule has 2 N–H and O–H groups in total. The van der Waals surface area contributed by atoms with E-state index in [1.165, 1.54) is 25.7 Å². The van der Waals surface area contributed by atoms with E-state index in [0.29, 0.717) is 36.5 Å². The maximum atomic E-state index is 5.89. The molecule has 4 aliphatic heterocycles. The van der Waals surface area contributed by atoms with Crippen molar-refractivity contribution in [3.05, 3.63) is 12.4 Å². The first-order valence-corrected chi connectivity index (χ1v) is 8.49. The largest absolute Gasteiger partial charge is 0.373 e. The van der Waals surface area contributed by atoms with Gasteiger partial charge in [-0.05, 0) is 38.5 Å². The zero-order chi connectivity index (χ0) is 14.5. The lowest BCUT2D eigenvalue weighted by molar-refractivity contribution is 0.102. The molecule has 0 amide bonds. The summed E-state index contributed by atoms with van der Waals surface area (Å²) in [6.45, 7) is 0. The minimum atomic E-state index is 0.357. The molecule has 4 fully saturated rings. The van der Waals surface area contributed by atoms with Gasteiger partial charge in [-0.3, -0.25) is 0 Å². The van der Waals surface area contributed by atoms with Crippen molar-refractivity contribution < 1.29 is 9.47 Å². The smallest absolute Gasteiger partial charge is 0.131 e. The summed E-state index contributed by atoms with van der Waals surface area (Å²) in [4.78, 5) is 8.72. The van der Waals surface area contributed by atoms with Crippen LogP contribution in [0.1, 0.15) is 38.5 Å². The molecule has 4 bridgehead atoms. The lowest BCUT2D eigenvalue weighted by Crippen LogP contribution is -2.32. The van der Waals surface area contributed by atoms with E-state index in [4.69, 9.17) is 9.47 Å². The van der Waals surface area contributed by atoms with Crippen LogP contribution >= 0.6 is 0 Å². The molecule has 22 heavy (non-hydrogen) atoms. The Morgan fingerprint density at radius 1 is 0.818 bits per heavy atom. The summed E-state index contributed by atoms with van der Waals surface area (Å²) in [5.74, 6) is 1.78. The maximum Gasteiger partial charge on any atom is 0.131 e. The van der Waals surface area contributed by atoms with Crippen molar-refractivity contribution in [3.63, 3.8) is 0 Å². The first-order valence-electron chi connectivity index (χ1n) is 8.49. The van der Waals surface area contributed by atoms with Crippen molar-refractivity contribution in [2.45, 2.75) is 75.0 Å². The fraction of sp³-hybridized carbons (Fsp3) is 0.750. The van der Waals surface area contributed by atoms with Crippen LogP contribution in [0.5, 0.6) is 0 Å². The van der Waals surface area contributed by atoms with E-state index in [9.17, 15) is 0 Å². The molecule has 1 aromatic heterocycles. The molecular weight excluding hydrogens is 280 g/mol. The molecule has 0 unspecified atom stereocenters. The molecular formula is C16H22N4O2. The Labute approximate surface area is 130 Å². The number of hydrogen-bond acceptors (Lipinski definition) is 6. The Bertz CT molecular complexity index is 524. The molecule has 0 spiro atoms. The molecule has 6 nitrogen and oxygen atoms in total. The van der Waals surface area contributed by atoms with E-state index < -0.39 is 0 Å². The number of rotatable bonds is 4. The third-order valence-electron chi connectivity index (χ3n) is 5.55. The highest BCUT2D eigenvalue weighted by atomic mass is 16.5. The van der Waals surface area contributed by atoms with Gasteiger partial charge in [0.15, 0.2) is 0 Å². The molecule has 0 aliphatic carbocycles. The van der Waals surface area contributed by atoms with Gasteiger partial charge in [0.1, 0.15) is 18.0 Å². The Balaban J connectivity index is 1.25. The summed E-state index contributed by atoms with van der Waals surface area (Å²) in [5.41, 5.74) is 0. The van der Waals surface area contributed by atoms with Crippen LogP contribution in [0.2, 0.25) is 0 Å². The van der Waals surface area contributed by atoms with Crippen LogP contribution in [0.3, 0.4) is 0 Å². The van der Waals surface area contributed by atoms with Crippen molar-refractivity contribution in [2.24, 2.45) is 0 Å². The minimum Gasteiger partial charge on any atom is -0.373 e. The molecule has 0 aromatic carbocycles. The first kappa shape index (κ1) is 13.1. The Kier molecular flexibility index (Phi) is 3.01. The molecule has 0 saturated carbocycles. The van der Waals surface area contributed by atoms with Crippen molar-refractivity contribution in [1.82, 2.24) is 9.97 Å². The lowest BCUT2D eigenvalue weighted by atomic mass is 9.95. The van der Waals surface area contributed by atoms with Crippen molar-refractivity contribution >= 4 is 11.6 Å². The third-order valence-corrected chi connectivity index (χ3v) is 5.55. The molecule has 6 heteroatoms. The quantitative estimate of drug-likeness (QED) is 0.886. The van der Waals surface area contributed by atoms with Gasteiger partial charge in [0.05, 0.1) is 36.5 Å². The number of nitrogens with zero attached hydrogens (tertiary/aromatic N) is 2. The molecule has 4 saturated heterocycles. The number of nitrogens with one attached hydrogen (secondary N) is 2. The lowest BCUT2D eigenvalue weighted by Gasteiger charge is -2.22. The number of hydrogen-bond donors (Lipinski definition) is 2. The van der Waals surface area contributed by atoms with Crippen LogP contribution in [-0.4, -0.2) is 46.5 Å². The zero-order valence-corrected chi connectivity index (χ0v) is 12.6. The fourth-order valence-electron chi connectivity index (χ4n) is 4.47. The average Bonchev–Trinajstić information content (AvgIpc) is 3.28. The Morgan fingerprint density at radius 3 is 1.77 bits per heavy atom. The highest BCUT2D eigenvalue weighted by Gasteiger charge is 2.42. The topological polar surface area (TPSA) is 68.3 Å². The average molecular weight is 302 g/mol. The molecule has 5 heterocycles. The van der Waals surface area contributed by atoms with Gasteiger partial charge in [-0.25, -0.2) is 9.97 Å². The Hall–Kier alpha value is -1.40. The van der Waals surface area contributed by atoms with Gasteiger partial charge in [0, 0.05) is 6.07 Å². The molecule has 4 aliphatic rings. The summed E-state index contributed by atoms with van der Waals surface area (Å²) in [5, 5.41) is 7.05. The van der Waals surface area contributed by atoms with Gasteiger partial charge < -0.3 is 20.1 Å². The van der Waals surface area contributed by atoms with E-state index >= 15 is 0 Å². The fourth-order valence-corrected chi connectivity index (χ4v) is 4.47. The summed E-state index contributed by atoms with van der Waals surface area (Å²) in [6.07, 6.45) is 10.2. The van der Waals surface area contributed by atoms with E-state index in [-0.39, 0.29) is 0 Å². The van der Waals surface area contributed by atoms with E-state index in [2.05, 4.69) is 20.6 Å². The normalized spacial score (nSPS) is 42.0. The van der Waals surface area contributed by atoms with Crippen LogP contribution in [0.25, 0.3) is 0 Å². The van der Waals surface area contributed by atoms with Crippen LogP contribution < -0.4 is 10.6 Å². The van der Waals surface area contributed by atoms with E-state index in [1.807, 2.05) is 6.07 Å². The maximum absolute atomic E-state index is 5.89. The van der Waals surface area contributed by atoms with Crippen LogP contribution in [0.15, 0.2) is 12.4 Å². The second-order valence-corrected chi connectivity index (χ2v) is 7.01. The summed E-state index contributed by atoms with van der Waals surface area (Å²) in [6, 6.07) is 2.80. The zero-order valence-electron chi connectivity index (χ0n) is 12.6. The number of aromatic nitrogens is 2. The summed E-state index contributed by atoms with van der Waals surface area (Å²) >= 11 is 0. The highest BCUT2D eigenvalue weighted by molar-refractivity contribution is 5.48. The van der Waals surface area contributed by atoms with Crippen LogP contribution in [0, 0.1) is 0 Å². The molecule has 5 rings (SSSR count). The predicted molar refractivity (Wildman–Crippen MR) is 81.9 cm³/mol. The number of anilines is 2. The van der Waals surface area contributed by atoms with Crippen molar-refractivity contribution in [3.8, 4) is 0 Å². The van der Waals surface area contributed by atoms with Gasteiger partial charge in [-0.2, -0.15) is 0 Å². The molecule has 118 valence electrons. The molecule has 1 aromatic rings. The number of ether oxygens (including phenoxy) is 2. The SMILES string of the molecule is c1nc(N[C@H]2C[C@H]3CC[C@H]2O3)cc(N[C@@H]2C[C@H]3CC[C@H]2O3)n1. The highest BCUT2D eigenvalue weighted by Crippen LogP contribution is 2.37. The van der Waals surface area contributed by atoms with Crippen LogP contribution in [0.4, 0.5) is 11.6 Å². The van der Waals surface area contributed by atoms with E-state index in [1.54, 1.807) is 6.33 Å². The third kappa shape index (κ3) is 2.25. The van der Waals surface area contributed by atoms with Gasteiger partial charge in [-0.15, -0.1) is 0 Å². The minimum absolute atomic E-state index is 0.357. The summed E-state index contributed by atoms with van der Waals surface area (Å²) in [7, 11) is 0. The number of fused-ring (bicyclic) bond motifs is 4. The first-order chi connectivity index (χ1) is 10.8. The van der Waals surface area contributed by atoms with Crippen molar-refractivity contribution in [2.75, 3.05) is 10.6 Å². The van der Waals surface area contributed by atoms with Gasteiger partial charge in [0.25, 0.3) is 0 Å². The van der Waals surface area contributed by atoms with E-state index in [0.717, 1.165) is 24.5 Å². The summed E-state index contributed by atoms with van der Waals surface area (Å²) < 4.78 is 11.8. The predicted octanol–water partition coefficient (Wildman–Crippen LogP) is 1.94.